The van der Waals surface area contributed by atoms with Crippen LogP contribution in [0.3, 0.4) is 0 Å². The molecule has 92 valence electrons. The summed E-state index contributed by atoms with van der Waals surface area (Å²) in [5, 5.41) is 9.90. The van der Waals surface area contributed by atoms with Crippen LogP contribution in [0.4, 0.5) is 0 Å². The van der Waals surface area contributed by atoms with Crippen LogP contribution < -0.4 is 0 Å². The van der Waals surface area contributed by atoms with Gasteiger partial charge in [-0.15, -0.1) is 0 Å². The standard InChI is InChI=1S/C9H6INO4S.GeH4/c10-6-4-7(16(13,14)15)5-2-1-3-11-8(5)9(6)12;/h1-4,12H,(H,13,14,15);1H4. The number of aromatic nitrogens is 1. The van der Waals surface area contributed by atoms with Crippen molar-refractivity contribution in [3.8, 4) is 5.75 Å². The Kier molecular flexibility index (Phi) is 4.39. The third-order valence-electron chi connectivity index (χ3n) is 2.06. The van der Waals surface area contributed by atoms with Gasteiger partial charge in [0, 0.05) is 11.6 Å². The van der Waals surface area contributed by atoms with Crippen molar-refractivity contribution in [1.82, 2.24) is 4.98 Å². The van der Waals surface area contributed by atoms with Crippen LogP contribution in [-0.4, -0.2) is 40.7 Å². The Morgan fingerprint density at radius 3 is 2.59 bits per heavy atom. The van der Waals surface area contributed by atoms with Crippen LogP contribution in [0.25, 0.3) is 10.9 Å². The van der Waals surface area contributed by atoms with Gasteiger partial charge >= 0.3 is 17.6 Å². The number of fused-ring (bicyclic) bond motifs is 1. The summed E-state index contributed by atoms with van der Waals surface area (Å²) in [7, 11) is -4.32. The molecule has 0 aliphatic heterocycles. The van der Waals surface area contributed by atoms with Crippen LogP contribution in [0.1, 0.15) is 0 Å². The van der Waals surface area contributed by atoms with Gasteiger partial charge in [0.1, 0.15) is 10.4 Å². The number of hydrogen-bond acceptors (Lipinski definition) is 4. The first-order chi connectivity index (χ1) is 7.41. The first-order valence-corrected chi connectivity index (χ1v) is 6.67. The van der Waals surface area contributed by atoms with Crippen LogP contribution in [-0.2, 0) is 10.1 Å². The minimum atomic E-state index is -4.32. The van der Waals surface area contributed by atoms with Crippen molar-refractivity contribution in [1.29, 1.82) is 0 Å². The molecule has 0 radical (unpaired) electrons. The average Bonchev–Trinajstić information content (AvgIpc) is 2.22. The fourth-order valence-corrected chi connectivity index (χ4v) is 2.87. The van der Waals surface area contributed by atoms with Gasteiger partial charge in [-0.3, -0.25) is 9.54 Å². The summed E-state index contributed by atoms with van der Waals surface area (Å²) in [5.74, 6) is -0.0939. The number of phenols is 1. The van der Waals surface area contributed by atoms with Crippen LogP contribution >= 0.6 is 22.6 Å². The number of aromatic hydroxyl groups is 1. The summed E-state index contributed by atoms with van der Waals surface area (Å²) >= 11 is 1.77. The van der Waals surface area contributed by atoms with Gasteiger partial charge in [0.15, 0.2) is 5.75 Å². The molecular weight excluding hydrogens is 418 g/mol. The normalized spacial score (nSPS) is 11.2. The first-order valence-electron chi connectivity index (χ1n) is 4.15. The van der Waals surface area contributed by atoms with Crippen molar-refractivity contribution < 1.29 is 18.1 Å². The van der Waals surface area contributed by atoms with E-state index in [1.807, 2.05) is 0 Å². The Labute approximate surface area is 122 Å². The van der Waals surface area contributed by atoms with Crippen LogP contribution in [0.15, 0.2) is 29.3 Å². The molecule has 0 aliphatic rings. The van der Waals surface area contributed by atoms with Gasteiger partial charge in [-0.25, -0.2) is 0 Å². The maximum atomic E-state index is 11.2. The van der Waals surface area contributed by atoms with Crippen molar-refractivity contribution >= 4 is 61.2 Å². The molecule has 5 nitrogen and oxygen atoms in total. The second kappa shape index (κ2) is 5.08. The third kappa shape index (κ3) is 2.72. The van der Waals surface area contributed by atoms with Crippen molar-refractivity contribution in [3.05, 3.63) is 28.0 Å². The number of rotatable bonds is 1. The maximum absolute atomic E-state index is 11.2. The Hall–Kier alpha value is -0.387. The predicted molar refractivity (Wildman–Crippen MR) is 77.3 cm³/mol. The molecule has 1 aromatic heterocycles. The quantitative estimate of drug-likeness (QED) is 0.389. The topological polar surface area (TPSA) is 87.5 Å². The zero-order valence-corrected chi connectivity index (χ0v) is 10.7. The average molecular weight is 428 g/mol. The molecule has 0 fully saturated rings. The molecular formula is C9H10GeINO4S. The molecule has 0 unspecified atom stereocenters. The monoisotopic (exact) mass is 429 g/mol. The fourth-order valence-electron chi connectivity index (χ4n) is 1.38. The van der Waals surface area contributed by atoms with E-state index < -0.39 is 10.1 Å². The van der Waals surface area contributed by atoms with Gasteiger partial charge in [0.05, 0.1) is 3.57 Å². The SMILES string of the molecule is O=S(=O)(O)c1cc(I)c(O)c2ncccc12.[GeH4]. The van der Waals surface area contributed by atoms with Crippen molar-refractivity contribution in [2.24, 2.45) is 0 Å². The van der Waals surface area contributed by atoms with E-state index >= 15 is 0 Å². The van der Waals surface area contributed by atoms with Crippen LogP contribution in [0.2, 0.25) is 0 Å². The van der Waals surface area contributed by atoms with E-state index in [1.54, 1.807) is 22.6 Å². The summed E-state index contributed by atoms with van der Waals surface area (Å²) < 4.78 is 31.7. The van der Waals surface area contributed by atoms with Gasteiger partial charge in [0.2, 0.25) is 0 Å². The molecule has 0 saturated carbocycles. The van der Waals surface area contributed by atoms with E-state index in [1.165, 1.54) is 24.4 Å². The summed E-state index contributed by atoms with van der Waals surface area (Å²) in [5.41, 5.74) is 0.155. The third-order valence-corrected chi connectivity index (χ3v) is 3.78. The molecule has 17 heavy (non-hydrogen) atoms. The summed E-state index contributed by atoms with van der Waals surface area (Å²) in [6.07, 6.45) is 1.44. The fraction of sp³-hybridized carbons (Fsp3) is 0. The molecule has 0 spiro atoms. The molecule has 1 heterocycles. The molecule has 0 amide bonds. The molecule has 2 aromatic rings. The Morgan fingerprint density at radius 2 is 2.00 bits per heavy atom. The molecule has 8 heteroatoms. The van der Waals surface area contributed by atoms with Gasteiger partial charge in [-0.1, -0.05) is 0 Å². The second-order valence-corrected chi connectivity index (χ2v) is 5.63. The zero-order valence-electron chi connectivity index (χ0n) is 7.75. The van der Waals surface area contributed by atoms with E-state index in [0.29, 0.717) is 3.57 Å². The summed E-state index contributed by atoms with van der Waals surface area (Å²) in [4.78, 5) is 3.63. The number of halogens is 1. The van der Waals surface area contributed by atoms with E-state index in [4.69, 9.17) is 4.55 Å². The number of benzene rings is 1. The Morgan fingerprint density at radius 1 is 1.35 bits per heavy atom. The minimum absolute atomic E-state index is 0. The van der Waals surface area contributed by atoms with Gasteiger partial charge < -0.3 is 5.11 Å². The first kappa shape index (κ1) is 14.7. The van der Waals surface area contributed by atoms with Gasteiger partial charge in [0.25, 0.3) is 10.1 Å². The number of hydrogen-bond donors (Lipinski definition) is 2. The van der Waals surface area contributed by atoms with E-state index in [2.05, 4.69) is 4.98 Å². The summed E-state index contributed by atoms with van der Waals surface area (Å²) in [6.45, 7) is 0. The van der Waals surface area contributed by atoms with Gasteiger partial charge in [-0.05, 0) is 40.8 Å². The Balaban J connectivity index is 0.00000144. The molecule has 0 atom stereocenters. The van der Waals surface area contributed by atoms with Crippen molar-refractivity contribution in [2.45, 2.75) is 4.90 Å². The number of nitrogens with zero attached hydrogens (tertiary/aromatic N) is 1. The van der Waals surface area contributed by atoms with Crippen LogP contribution in [0.5, 0.6) is 5.75 Å². The number of phenolic OH excluding ortho intramolecular Hbond substituents is 1. The molecule has 2 rings (SSSR count). The van der Waals surface area contributed by atoms with Crippen molar-refractivity contribution in [2.75, 3.05) is 0 Å². The molecule has 0 aliphatic carbocycles. The molecule has 1 aromatic carbocycles. The van der Waals surface area contributed by atoms with E-state index in [-0.39, 0.29) is 39.1 Å². The Bertz CT molecular complexity index is 674. The van der Waals surface area contributed by atoms with Gasteiger partial charge in [-0.2, -0.15) is 8.42 Å². The van der Waals surface area contributed by atoms with Crippen molar-refractivity contribution in [3.63, 3.8) is 0 Å². The summed E-state index contributed by atoms with van der Waals surface area (Å²) in [6, 6.07) is 4.21. The predicted octanol–water partition coefficient (Wildman–Crippen LogP) is 0.340. The van der Waals surface area contributed by atoms with E-state index in [9.17, 15) is 13.5 Å². The second-order valence-electron chi connectivity index (χ2n) is 3.08. The molecule has 2 N–H and O–H groups in total. The molecule has 0 bridgehead atoms. The van der Waals surface area contributed by atoms with E-state index in [0.717, 1.165) is 0 Å². The number of pyridine rings is 1. The molecule has 0 saturated heterocycles. The van der Waals surface area contributed by atoms with Crippen LogP contribution in [0, 0.1) is 3.57 Å². The zero-order chi connectivity index (χ0) is 11.9.